The van der Waals surface area contributed by atoms with Crippen LogP contribution < -0.4 is 0 Å². The Balaban J connectivity index is 4.95. The number of urea groups is 1. The van der Waals surface area contributed by atoms with Gasteiger partial charge < -0.3 is 14.9 Å². The molecular weight excluding hydrogens is 232 g/mol. The maximum atomic E-state index is 12.4. The van der Waals surface area contributed by atoms with Crippen LogP contribution in [0.15, 0.2) is 0 Å². The molecule has 2 amide bonds. The van der Waals surface area contributed by atoms with E-state index in [4.69, 9.17) is 5.11 Å². The van der Waals surface area contributed by atoms with Gasteiger partial charge >= 0.3 is 12.0 Å². The molecule has 0 spiro atoms. The highest BCUT2D eigenvalue weighted by atomic mass is 16.4. The fourth-order valence-corrected chi connectivity index (χ4v) is 1.80. The van der Waals surface area contributed by atoms with E-state index in [2.05, 4.69) is 0 Å². The van der Waals surface area contributed by atoms with Crippen LogP contribution in [0, 0.1) is 0 Å². The highest BCUT2D eigenvalue weighted by Gasteiger charge is 2.30. The number of aliphatic carboxylic acids is 1. The Morgan fingerprint density at radius 1 is 1.22 bits per heavy atom. The van der Waals surface area contributed by atoms with Gasteiger partial charge in [-0.3, -0.25) is 4.79 Å². The third kappa shape index (κ3) is 4.94. The number of hydrogen-bond acceptors (Lipinski definition) is 2. The topological polar surface area (TPSA) is 60.9 Å². The molecule has 0 aliphatic rings. The molecule has 0 atom stereocenters. The average Bonchev–Trinajstić information content (AvgIpc) is 2.15. The van der Waals surface area contributed by atoms with Gasteiger partial charge in [-0.25, -0.2) is 4.79 Å². The molecule has 106 valence electrons. The minimum atomic E-state index is -0.885. The minimum absolute atomic E-state index is 0.0291. The summed E-state index contributed by atoms with van der Waals surface area (Å²) in [6.07, 6.45) is -0.0291. The van der Waals surface area contributed by atoms with Crippen molar-refractivity contribution in [1.82, 2.24) is 9.80 Å². The molecule has 0 heterocycles. The molecule has 0 radical (unpaired) electrons. The molecule has 0 saturated carbocycles. The molecular formula is C13H26N2O3. The molecule has 0 unspecified atom stereocenters. The zero-order chi connectivity index (χ0) is 14.5. The largest absolute Gasteiger partial charge is 0.481 e. The molecule has 1 N–H and O–H groups in total. The van der Waals surface area contributed by atoms with Crippen LogP contribution in [0.25, 0.3) is 0 Å². The minimum Gasteiger partial charge on any atom is -0.481 e. The zero-order valence-corrected chi connectivity index (χ0v) is 12.4. The predicted molar refractivity (Wildman–Crippen MR) is 71.6 cm³/mol. The van der Waals surface area contributed by atoms with Crippen molar-refractivity contribution in [3.05, 3.63) is 0 Å². The van der Waals surface area contributed by atoms with Crippen LogP contribution in [0.4, 0.5) is 4.79 Å². The van der Waals surface area contributed by atoms with Crippen LogP contribution in [0.3, 0.4) is 0 Å². The van der Waals surface area contributed by atoms with Gasteiger partial charge in [-0.1, -0.05) is 0 Å². The molecule has 0 aliphatic carbocycles. The summed E-state index contributed by atoms with van der Waals surface area (Å²) in [4.78, 5) is 26.5. The van der Waals surface area contributed by atoms with Crippen LogP contribution in [0.2, 0.25) is 0 Å². The smallest absolute Gasteiger partial charge is 0.320 e. The maximum Gasteiger partial charge on any atom is 0.320 e. The van der Waals surface area contributed by atoms with Gasteiger partial charge in [0, 0.05) is 24.7 Å². The summed E-state index contributed by atoms with van der Waals surface area (Å²) in [6.45, 7) is 12.5. The van der Waals surface area contributed by atoms with Crippen molar-refractivity contribution < 1.29 is 14.7 Å². The van der Waals surface area contributed by atoms with Crippen molar-refractivity contribution in [2.75, 3.05) is 13.1 Å². The quantitative estimate of drug-likeness (QED) is 0.823. The summed E-state index contributed by atoms with van der Waals surface area (Å²) in [5, 5.41) is 8.76. The lowest BCUT2D eigenvalue weighted by atomic mass is 10.1. The van der Waals surface area contributed by atoms with E-state index in [1.54, 1.807) is 9.80 Å². The van der Waals surface area contributed by atoms with E-state index >= 15 is 0 Å². The van der Waals surface area contributed by atoms with Crippen LogP contribution >= 0.6 is 0 Å². The first-order chi connectivity index (χ1) is 8.11. The number of hydrogen-bond donors (Lipinski definition) is 1. The molecule has 0 aromatic heterocycles. The Morgan fingerprint density at radius 2 is 1.72 bits per heavy atom. The number of carbonyl (C=O) groups is 2. The van der Waals surface area contributed by atoms with Crippen LogP contribution in [-0.4, -0.2) is 51.6 Å². The molecule has 5 heteroatoms. The number of carboxylic acid groups (broad SMARTS) is 1. The van der Waals surface area contributed by atoms with Crippen molar-refractivity contribution >= 4 is 12.0 Å². The van der Waals surface area contributed by atoms with Gasteiger partial charge in [-0.05, 0) is 41.5 Å². The van der Waals surface area contributed by atoms with E-state index in [0.29, 0.717) is 6.54 Å². The summed E-state index contributed by atoms with van der Waals surface area (Å²) in [5.41, 5.74) is -0.380. The molecule has 18 heavy (non-hydrogen) atoms. The normalized spacial score (nSPS) is 11.5. The third-order valence-electron chi connectivity index (χ3n) is 2.80. The molecule has 0 aromatic carbocycles. The Kier molecular flexibility index (Phi) is 6.15. The van der Waals surface area contributed by atoms with Gasteiger partial charge in [0.05, 0.1) is 6.42 Å². The molecule has 0 bridgehead atoms. The van der Waals surface area contributed by atoms with E-state index in [0.717, 1.165) is 0 Å². The molecule has 0 rings (SSSR count). The first kappa shape index (κ1) is 16.7. The molecule has 0 aromatic rings. The second kappa shape index (κ2) is 6.61. The van der Waals surface area contributed by atoms with E-state index in [-0.39, 0.29) is 30.6 Å². The summed E-state index contributed by atoms with van der Waals surface area (Å²) < 4.78 is 0. The van der Waals surface area contributed by atoms with Gasteiger partial charge in [-0.2, -0.15) is 0 Å². The highest BCUT2D eigenvalue weighted by Crippen LogP contribution is 2.17. The first-order valence-electron chi connectivity index (χ1n) is 6.41. The van der Waals surface area contributed by atoms with Crippen LogP contribution in [0.5, 0.6) is 0 Å². The highest BCUT2D eigenvalue weighted by molar-refractivity contribution is 5.76. The average molecular weight is 258 g/mol. The Hall–Kier alpha value is -1.26. The summed E-state index contributed by atoms with van der Waals surface area (Å²) in [5.74, 6) is -0.885. The number of nitrogens with zero attached hydrogens (tertiary/aromatic N) is 2. The van der Waals surface area contributed by atoms with E-state index in [9.17, 15) is 9.59 Å². The Bertz CT molecular complexity index is 295. The number of carbonyl (C=O) groups excluding carboxylic acids is 1. The van der Waals surface area contributed by atoms with Gasteiger partial charge in [0.2, 0.25) is 0 Å². The lowest BCUT2D eigenvalue weighted by molar-refractivity contribution is -0.137. The van der Waals surface area contributed by atoms with E-state index in [1.165, 1.54) is 0 Å². The van der Waals surface area contributed by atoms with Crippen molar-refractivity contribution in [3.8, 4) is 0 Å². The van der Waals surface area contributed by atoms with Crippen molar-refractivity contribution in [2.24, 2.45) is 0 Å². The summed E-state index contributed by atoms with van der Waals surface area (Å²) in [7, 11) is 0. The van der Waals surface area contributed by atoms with Gasteiger partial charge in [0.1, 0.15) is 0 Å². The van der Waals surface area contributed by atoms with Crippen LogP contribution in [0.1, 0.15) is 48.0 Å². The van der Waals surface area contributed by atoms with Crippen molar-refractivity contribution in [1.29, 1.82) is 0 Å². The second-order valence-electron chi connectivity index (χ2n) is 5.63. The zero-order valence-electron chi connectivity index (χ0n) is 12.4. The van der Waals surface area contributed by atoms with E-state index < -0.39 is 5.97 Å². The molecule has 5 nitrogen and oxygen atoms in total. The lowest BCUT2D eigenvalue weighted by Gasteiger charge is -2.40. The van der Waals surface area contributed by atoms with Crippen molar-refractivity contribution in [2.45, 2.75) is 59.5 Å². The molecule has 0 aliphatic heterocycles. The number of carboxylic acids is 1. The van der Waals surface area contributed by atoms with Crippen molar-refractivity contribution in [3.63, 3.8) is 0 Å². The monoisotopic (exact) mass is 258 g/mol. The Labute approximate surface area is 110 Å². The maximum absolute atomic E-state index is 12.4. The number of rotatable bonds is 5. The molecule has 0 saturated heterocycles. The Morgan fingerprint density at radius 3 is 2.00 bits per heavy atom. The SMILES string of the molecule is CCN(C(=O)N(CCC(=O)O)C(C)(C)C)C(C)C. The van der Waals surface area contributed by atoms with Crippen LogP contribution in [-0.2, 0) is 4.79 Å². The molecule has 0 fully saturated rings. The fraction of sp³-hybridized carbons (Fsp3) is 0.846. The first-order valence-corrected chi connectivity index (χ1v) is 6.41. The predicted octanol–water partition coefficient (Wildman–Crippen LogP) is 2.41. The van der Waals surface area contributed by atoms with Gasteiger partial charge in [-0.15, -0.1) is 0 Å². The van der Waals surface area contributed by atoms with Gasteiger partial charge in [0.15, 0.2) is 0 Å². The van der Waals surface area contributed by atoms with E-state index in [1.807, 2.05) is 41.5 Å². The number of amides is 2. The third-order valence-corrected chi connectivity index (χ3v) is 2.80. The summed E-state index contributed by atoms with van der Waals surface area (Å²) >= 11 is 0. The standard InChI is InChI=1S/C13H26N2O3/c1-7-14(10(2)3)12(18)15(13(4,5)6)9-8-11(16)17/h10H,7-9H2,1-6H3,(H,16,17). The summed E-state index contributed by atoms with van der Waals surface area (Å²) in [6, 6.07) is 0.0124. The fourth-order valence-electron chi connectivity index (χ4n) is 1.80. The van der Waals surface area contributed by atoms with Gasteiger partial charge in [0.25, 0.3) is 0 Å². The second-order valence-corrected chi connectivity index (χ2v) is 5.63. The lowest BCUT2D eigenvalue weighted by Crippen LogP contribution is -2.54.